The van der Waals surface area contributed by atoms with Gasteiger partial charge in [-0.3, -0.25) is 13.9 Å². The van der Waals surface area contributed by atoms with E-state index in [4.69, 9.17) is 0 Å². The zero-order chi connectivity index (χ0) is 20.3. The minimum Gasteiger partial charge on any atom is -0.755 e. The zero-order valence-corrected chi connectivity index (χ0v) is 15.5. The molecule has 7 nitrogen and oxygen atoms in total. The average Bonchev–Trinajstić information content (AvgIpc) is 2.62. The molecule has 2 aromatic carbocycles. The van der Waals surface area contributed by atoms with Crippen molar-refractivity contribution in [1.29, 1.82) is 0 Å². The number of benzene rings is 2. The van der Waals surface area contributed by atoms with Gasteiger partial charge in [-0.25, -0.2) is 8.78 Å². The number of nitrogens with one attached hydrogen (secondary N) is 1. The first kappa shape index (κ1) is 20.3. The fraction of sp³-hybridized carbons (Fsp3) is 0.278. The number of nitrogens with zero attached hydrogens (tertiary/aromatic N) is 2. The molecule has 0 spiro atoms. The van der Waals surface area contributed by atoms with Gasteiger partial charge >= 0.3 is 0 Å². The molecule has 0 radical (unpaired) electrons. The second-order valence-corrected chi connectivity index (χ2v) is 7.07. The second-order valence-electron chi connectivity index (χ2n) is 6.39. The van der Waals surface area contributed by atoms with Crippen LogP contribution in [0, 0.1) is 11.6 Å². The Morgan fingerprint density at radius 2 is 1.82 bits per heavy atom. The Balaban J connectivity index is 1.61. The maximum absolute atomic E-state index is 13.3. The van der Waals surface area contributed by atoms with Crippen LogP contribution in [0.5, 0.6) is 0 Å². The number of aliphatic hydroxyl groups is 1. The summed E-state index contributed by atoms with van der Waals surface area (Å²) in [6, 6.07) is 9.11. The van der Waals surface area contributed by atoms with Crippen LogP contribution < -0.4 is 4.72 Å². The van der Waals surface area contributed by atoms with Crippen molar-refractivity contribution in [1.82, 2.24) is 9.80 Å². The van der Waals surface area contributed by atoms with Gasteiger partial charge in [0.1, 0.15) is 17.9 Å². The zero-order valence-electron chi connectivity index (χ0n) is 14.7. The van der Waals surface area contributed by atoms with Crippen LogP contribution in [-0.4, -0.2) is 55.4 Å². The molecule has 2 N–H and O–H groups in total. The Kier molecular flexibility index (Phi) is 6.35. The summed E-state index contributed by atoms with van der Waals surface area (Å²) in [5.74, 6) is -1.67. The van der Waals surface area contributed by atoms with Gasteiger partial charge < -0.3 is 19.3 Å². The molecule has 28 heavy (non-hydrogen) atoms. The highest BCUT2D eigenvalue weighted by atomic mass is 32.2. The topological polar surface area (TPSA) is 95.9 Å². The molecule has 1 fully saturated rings. The van der Waals surface area contributed by atoms with E-state index in [9.17, 15) is 27.4 Å². The fourth-order valence-corrected chi connectivity index (χ4v) is 3.40. The van der Waals surface area contributed by atoms with E-state index in [0.29, 0.717) is 29.9 Å². The first-order valence-corrected chi connectivity index (χ1v) is 9.51. The number of amides is 1. The van der Waals surface area contributed by atoms with Gasteiger partial charge in [-0.05, 0) is 42.0 Å². The van der Waals surface area contributed by atoms with Crippen LogP contribution in [0.1, 0.15) is 15.9 Å². The van der Waals surface area contributed by atoms with Crippen LogP contribution >= 0.6 is 0 Å². The average molecular weight is 410 g/mol. The number of β-amino-alcohol motifs (C(OH)–C–C–N with tert-alkyl or cyclic N) is 1. The minimum absolute atomic E-state index is 0.0429. The molecule has 1 aliphatic heterocycles. The van der Waals surface area contributed by atoms with E-state index in [-0.39, 0.29) is 19.0 Å². The van der Waals surface area contributed by atoms with Gasteiger partial charge in [0.25, 0.3) is 5.91 Å². The van der Waals surface area contributed by atoms with Crippen LogP contribution in [0.2, 0.25) is 0 Å². The van der Waals surface area contributed by atoms with Crippen molar-refractivity contribution in [2.75, 3.05) is 24.4 Å². The van der Waals surface area contributed by atoms with Crippen LogP contribution in [0.25, 0.3) is 0 Å². The molecule has 0 bridgehead atoms. The lowest BCUT2D eigenvalue weighted by Crippen LogP contribution is -2.54. The van der Waals surface area contributed by atoms with E-state index in [1.54, 1.807) is 4.90 Å². The number of piperazine rings is 1. The van der Waals surface area contributed by atoms with Gasteiger partial charge in [-0.2, -0.15) is 0 Å². The standard InChI is InChI=1S/C18H19F2N3O4S/c19-14-7-12(8-15(20)9-14)10-22-5-6-23(11-17(22)24)18(25)13-1-3-16(4-2-13)21-28(26)27/h1-4,7-9,17,21,24H,5-6,10-11H2,(H,26,27)/p-1. The first-order chi connectivity index (χ1) is 13.3. The summed E-state index contributed by atoms with van der Waals surface area (Å²) in [4.78, 5) is 15.7. The number of anilines is 1. The van der Waals surface area contributed by atoms with Crippen molar-refractivity contribution in [3.8, 4) is 0 Å². The molecule has 150 valence electrons. The van der Waals surface area contributed by atoms with Gasteiger partial charge in [0.05, 0.1) is 6.54 Å². The van der Waals surface area contributed by atoms with E-state index in [1.807, 2.05) is 0 Å². The molecule has 0 aromatic heterocycles. The normalized spacial score (nSPS) is 18.7. The van der Waals surface area contributed by atoms with Crippen molar-refractivity contribution >= 4 is 22.9 Å². The van der Waals surface area contributed by atoms with Crippen molar-refractivity contribution in [3.05, 3.63) is 65.2 Å². The molecule has 2 unspecified atom stereocenters. The predicted octanol–water partition coefficient (Wildman–Crippen LogP) is 1.45. The third-order valence-corrected chi connectivity index (χ3v) is 4.79. The number of hydrogen-bond donors (Lipinski definition) is 2. The Morgan fingerprint density at radius 1 is 1.18 bits per heavy atom. The summed E-state index contributed by atoms with van der Waals surface area (Å²) >= 11 is -2.45. The molecule has 1 saturated heterocycles. The van der Waals surface area contributed by atoms with Crippen molar-refractivity contribution < 1.29 is 27.4 Å². The van der Waals surface area contributed by atoms with Gasteiger partial charge in [0, 0.05) is 48.2 Å². The Labute approximate surface area is 163 Å². The van der Waals surface area contributed by atoms with Crippen LogP contribution in [-0.2, 0) is 17.8 Å². The van der Waals surface area contributed by atoms with Crippen LogP contribution in [0.15, 0.2) is 42.5 Å². The third kappa shape index (κ3) is 5.10. The molecule has 3 rings (SSSR count). The number of carbonyl (C=O) groups is 1. The highest BCUT2D eigenvalue weighted by molar-refractivity contribution is 7.80. The number of halogens is 2. The lowest BCUT2D eigenvalue weighted by Gasteiger charge is -2.38. The largest absolute Gasteiger partial charge is 0.755 e. The highest BCUT2D eigenvalue weighted by Crippen LogP contribution is 2.18. The molecule has 1 aliphatic rings. The molecule has 0 aliphatic carbocycles. The lowest BCUT2D eigenvalue weighted by molar-refractivity contribution is -0.0527. The number of carbonyl (C=O) groups excluding carboxylic acids is 1. The maximum Gasteiger partial charge on any atom is 0.254 e. The number of hydrogen-bond acceptors (Lipinski definition) is 5. The Hall–Kier alpha value is -2.40. The molecule has 2 atom stereocenters. The second kappa shape index (κ2) is 8.74. The fourth-order valence-electron chi connectivity index (χ4n) is 3.07. The quantitative estimate of drug-likeness (QED) is 0.728. The van der Waals surface area contributed by atoms with Gasteiger partial charge in [-0.15, -0.1) is 0 Å². The molecule has 1 amide bonds. The molecule has 2 aromatic rings. The van der Waals surface area contributed by atoms with E-state index in [2.05, 4.69) is 4.72 Å². The summed E-state index contributed by atoms with van der Waals surface area (Å²) in [5, 5.41) is 10.3. The first-order valence-electron chi connectivity index (χ1n) is 8.44. The van der Waals surface area contributed by atoms with Crippen LogP contribution in [0.4, 0.5) is 14.5 Å². The lowest BCUT2D eigenvalue weighted by atomic mass is 10.1. The van der Waals surface area contributed by atoms with Gasteiger partial charge in [-0.1, -0.05) is 0 Å². The number of aliphatic hydroxyl groups excluding tert-OH is 1. The predicted molar refractivity (Wildman–Crippen MR) is 97.7 cm³/mol. The molecule has 0 saturated carbocycles. The monoisotopic (exact) mass is 410 g/mol. The third-order valence-electron chi connectivity index (χ3n) is 4.39. The van der Waals surface area contributed by atoms with Gasteiger partial charge in [0.2, 0.25) is 0 Å². The van der Waals surface area contributed by atoms with E-state index < -0.39 is 29.1 Å². The maximum atomic E-state index is 13.3. The molecule has 1 heterocycles. The summed E-state index contributed by atoms with van der Waals surface area (Å²) < 4.78 is 50.0. The van der Waals surface area contributed by atoms with Crippen LogP contribution in [0.3, 0.4) is 0 Å². The summed E-state index contributed by atoms with van der Waals surface area (Å²) in [6.45, 7) is 0.865. The van der Waals surface area contributed by atoms with Gasteiger partial charge in [0.15, 0.2) is 0 Å². The summed E-state index contributed by atoms with van der Waals surface area (Å²) in [6.07, 6.45) is -0.979. The highest BCUT2D eigenvalue weighted by Gasteiger charge is 2.28. The molecular weight excluding hydrogens is 392 g/mol. The summed E-state index contributed by atoms with van der Waals surface area (Å²) in [7, 11) is 0. The SMILES string of the molecule is O=C(c1ccc(NS(=O)[O-])cc1)N1CCN(Cc2cc(F)cc(F)c2)C(O)C1. The summed E-state index contributed by atoms with van der Waals surface area (Å²) in [5.41, 5.74) is 1.09. The van der Waals surface area contributed by atoms with E-state index in [0.717, 1.165) is 6.07 Å². The molecular formula is C18H18F2N3O4S-. The van der Waals surface area contributed by atoms with Crippen molar-refractivity contribution in [3.63, 3.8) is 0 Å². The Morgan fingerprint density at radius 3 is 2.39 bits per heavy atom. The minimum atomic E-state index is -2.45. The Bertz CT molecular complexity index is 861. The van der Waals surface area contributed by atoms with E-state index in [1.165, 1.54) is 41.3 Å². The van der Waals surface area contributed by atoms with Crippen molar-refractivity contribution in [2.24, 2.45) is 0 Å². The van der Waals surface area contributed by atoms with Crippen molar-refractivity contribution in [2.45, 2.75) is 12.8 Å². The van der Waals surface area contributed by atoms with E-state index >= 15 is 0 Å². The molecule has 10 heteroatoms. The number of rotatable bonds is 5. The smallest absolute Gasteiger partial charge is 0.254 e.